The van der Waals surface area contributed by atoms with Gasteiger partial charge < -0.3 is 15.0 Å². The highest BCUT2D eigenvalue weighted by Crippen LogP contribution is 2.15. The largest absolute Gasteiger partial charge is 0.435 e. The van der Waals surface area contributed by atoms with Crippen LogP contribution >= 0.6 is 0 Å². The lowest BCUT2D eigenvalue weighted by atomic mass is 10.2. The van der Waals surface area contributed by atoms with Crippen LogP contribution in [0.25, 0.3) is 0 Å². The molecule has 0 radical (unpaired) electrons. The molecule has 0 saturated heterocycles. The molecule has 0 unspecified atom stereocenters. The molecule has 0 aliphatic carbocycles. The summed E-state index contributed by atoms with van der Waals surface area (Å²) in [5.74, 6) is 0.196. The molecule has 0 aliphatic heterocycles. The number of likely N-dealkylation sites (N-methyl/N-ethyl adjacent to an activating group) is 2. The van der Waals surface area contributed by atoms with Crippen LogP contribution in [0.3, 0.4) is 0 Å². The molecule has 0 saturated carbocycles. The average molecular weight is 244 g/mol. The molecule has 1 N–H and O–H groups in total. The van der Waals surface area contributed by atoms with Crippen LogP contribution in [-0.4, -0.2) is 38.7 Å². The van der Waals surface area contributed by atoms with Crippen LogP contribution in [0.15, 0.2) is 24.3 Å². The van der Waals surface area contributed by atoms with Gasteiger partial charge in [-0.3, -0.25) is 0 Å². The molecular formula is C12H18F2N2O. The molecule has 0 aliphatic rings. The molecule has 3 nitrogen and oxygen atoms in total. The molecule has 17 heavy (non-hydrogen) atoms. The molecule has 0 heterocycles. The minimum Gasteiger partial charge on any atom is -0.435 e. The van der Waals surface area contributed by atoms with Crippen LogP contribution in [0.5, 0.6) is 5.75 Å². The van der Waals surface area contributed by atoms with Crippen molar-refractivity contribution in [3.05, 3.63) is 29.8 Å². The van der Waals surface area contributed by atoms with Gasteiger partial charge in [-0.1, -0.05) is 12.1 Å². The summed E-state index contributed by atoms with van der Waals surface area (Å²) in [6.07, 6.45) is 0. The molecule has 1 aromatic carbocycles. The minimum atomic E-state index is -2.76. The van der Waals surface area contributed by atoms with Crippen LogP contribution in [0.1, 0.15) is 5.56 Å². The van der Waals surface area contributed by atoms with Crippen molar-refractivity contribution in [2.45, 2.75) is 13.2 Å². The second kappa shape index (κ2) is 7.19. The first-order valence-electron chi connectivity index (χ1n) is 5.48. The number of nitrogens with zero attached hydrogens (tertiary/aromatic N) is 1. The van der Waals surface area contributed by atoms with Gasteiger partial charge in [-0.15, -0.1) is 0 Å². The standard InChI is InChI=1S/C12H18F2N2O/c1-15-7-8-16(2)9-10-3-5-11(6-4-10)17-12(13)14/h3-6,12,15H,7-9H2,1-2H3. The molecule has 5 heteroatoms. The number of ether oxygens (including phenoxy) is 1. The molecule has 1 aromatic rings. The summed E-state index contributed by atoms with van der Waals surface area (Å²) >= 11 is 0. The van der Waals surface area contributed by atoms with Crippen LogP contribution < -0.4 is 10.1 Å². The first kappa shape index (κ1) is 13.9. The van der Waals surface area contributed by atoms with E-state index >= 15 is 0 Å². The van der Waals surface area contributed by atoms with Crippen LogP contribution in [0.4, 0.5) is 8.78 Å². The third kappa shape index (κ3) is 5.60. The topological polar surface area (TPSA) is 24.5 Å². The second-order valence-electron chi connectivity index (χ2n) is 3.86. The van der Waals surface area contributed by atoms with E-state index in [0.717, 1.165) is 25.2 Å². The van der Waals surface area contributed by atoms with Gasteiger partial charge in [0, 0.05) is 19.6 Å². The van der Waals surface area contributed by atoms with Crippen molar-refractivity contribution in [1.29, 1.82) is 0 Å². The fourth-order valence-corrected chi connectivity index (χ4v) is 1.47. The Morgan fingerprint density at radius 1 is 1.29 bits per heavy atom. The van der Waals surface area contributed by atoms with Gasteiger partial charge in [0.25, 0.3) is 0 Å². The van der Waals surface area contributed by atoms with Crippen molar-refractivity contribution in [3.63, 3.8) is 0 Å². The fourth-order valence-electron chi connectivity index (χ4n) is 1.47. The Labute approximate surface area is 100 Å². The number of benzene rings is 1. The smallest absolute Gasteiger partial charge is 0.387 e. The molecule has 0 aromatic heterocycles. The number of nitrogens with one attached hydrogen (secondary N) is 1. The Morgan fingerprint density at radius 3 is 2.47 bits per heavy atom. The predicted molar refractivity (Wildman–Crippen MR) is 63.3 cm³/mol. The van der Waals surface area contributed by atoms with Crippen LogP contribution in [0, 0.1) is 0 Å². The normalized spacial score (nSPS) is 11.2. The monoisotopic (exact) mass is 244 g/mol. The molecule has 0 spiro atoms. The first-order chi connectivity index (χ1) is 8.11. The molecule has 0 atom stereocenters. The van der Waals surface area contributed by atoms with Gasteiger partial charge in [-0.05, 0) is 31.8 Å². The van der Waals surface area contributed by atoms with Crippen molar-refractivity contribution in [1.82, 2.24) is 10.2 Å². The summed E-state index contributed by atoms with van der Waals surface area (Å²) < 4.78 is 28.1. The summed E-state index contributed by atoms with van der Waals surface area (Å²) in [5, 5.41) is 3.07. The Bertz CT molecular complexity index is 317. The van der Waals surface area contributed by atoms with Gasteiger partial charge in [0.05, 0.1) is 0 Å². The zero-order valence-corrected chi connectivity index (χ0v) is 10.1. The summed E-state index contributed by atoms with van der Waals surface area (Å²) in [6.45, 7) is -0.120. The molecule has 0 fully saturated rings. The number of rotatable bonds is 7. The number of alkyl halides is 2. The molecule has 1 rings (SSSR count). The Hall–Kier alpha value is -1.20. The molecule has 0 amide bonds. The predicted octanol–water partition coefficient (Wildman–Crippen LogP) is 1.94. The van der Waals surface area contributed by atoms with Gasteiger partial charge in [0.2, 0.25) is 0 Å². The molecular weight excluding hydrogens is 226 g/mol. The number of hydrogen-bond donors (Lipinski definition) is 1. The lowest BCUT2D eigenvalue weighted by molar-refractivity contribution is -0.0498. The fraction of sp³-hybridized carbons (Fsp3) is 0.500. The van der Waals surface area contributed by atoms with Gasteiger partial charge >= 0.3 is 6.61 Å². The maximum Gasteiger partial charge on any atom is 0.387 e. The number of halogens is 2. The lowest BCUT2D eigenvalue weighted by Gasteiger charge is -2.16. The van der Waals surface area contributed by atoms with E-state index in [0.29, 0.717) is 0 Å². The highest BCUT2D eigenvalue weighted by Gasteiger charge is 2.04. The van der Waals surface area contributed by atoms with Gasteiger partial charge in [-0.2, -0.15) is 8.78 Å². The van der Waals surface area contributed by atoms with Crippen LogP contribution in [0.2, 0.25) is 0 Å². The first-order valence-corrected chi connectivity index (χ1v) is 5.48. The van der Waals surface area contributed by atoms with Crippen molar-refractivity contribution in [2.24, 2.45) is 0 Å². The summed E-state index contributed by atoms with van der Waals surface area (Å²) in [6, 6.07) is 6.72. The van der Waals surface area contributed by atoms with E-state index in [1.54, 1.807) is 24.3 Å². The summed E-state index contributed by atoms with van der Waals surface area (Å²) in [7, 11) is 3.92. The Balaban J connectivity index is 2.44. The van der Waals surface area contributed by atoms with E-state index in [2.05, 4.69) is 15.0 Å². The maximum atomic E-state index is 11.9. The Kier molecular flexibility index (Phi) is 5.86. The van der Waals surface area contributed by atoms with E-state index in [1.165, 1.54) is 0 Å². The zero-order valence-electron chi connectivity index (χ0n) is 10.1. The van der Waals surface area contributed by atoms with Crippen molar-refractivity contribution in [3.8, 4) is 5.75 Å². The quantitative estimate of drug-likeness (QED) is 0.793. The van der Waals surface area contributed by atoms with Gasteiger partial charge in [0.15, 0.2) is 0 Å². The van der Waals surface area contributed by atoms with Gasteiger partial charge in [-0.25, -0.2) is 0 Å². The molecule has 0 bridgehead atoms. The highest BCUT2D eigenvalue weighted by atomic mass is 19.3. The Morgan fingerprint density at radius 2 is 1.94 bits per heavy atom. The average Bonchev–Trinajstić information content (AvgIpc) is 2.28. The lowest BCUT2D eigenvalue weighted by Crippen LogP contribution is -2.26. The maximum absolute atomic E-state index is 11.9. The van der Waals surface area contributed by atoms with Crippen molar-refractivity contribution < 1.29 is 13.5 Å². The SMILES string of the molecule is CNCCN(C)Cc1ccc(OC(F)F)cc1. The third-order valence-corrected chi connectivity index (χ3v) is 2.34. The van der Waals surface area contributed by atoms with Crippen molar-refractivity contribution in [2.75, 3.05) is 27.2 Å². The number of hydrogen-bond acceptors (Lipinski definition) is 3. The van der Waals surface area contributed by atoms with E-state index in [4.69, 9.17) is 0 Å². The van der Waals surface area contributed by atoms with E-state index in [9.17, 15) is 8.78 Å². The van der Waals surface area contributed by atoms with E-state index in [-0.39, 0.29) is 5.75 Å². The van der Waals surface area contributed by atoms with Crippen molar-refractivity contribution >= 4 is 0 Å². The summed E-state index contributed by atoms with van der Waals surface area (Å²) in [5.41, 5.74) is 1.07. The third-order valence-electron chi connectivity index (χ3n) is 2.34. The minimum absolute atomic E-state index is 0.196. The van der Waals surface area contributed by atoms with Gasteiger partial charge in [0.1, 0.15) is 5.75 Å². The highest BCUT2D eigenvalue weighted by molar-refractivity contribution is 5.27. The summed E-state index contributed by atoms with van der Waals surface area (Å²) in [4.78, 5) is 2.15. The molecule has 96 valence electrons. The zero-order chi connectivity index (χ0) is 12.7. The van der Waals surface area contributed by atoms with Crippen LogP contribution in [-0.2, 0) is 6.54 Å². The van der Waals surface area contributed by atoms with E-state index in [1.807, 2.05) is 14.1 Å². The van der Waals surface area contributed by atoms with E-state index < -0.39 is 6.61 Å². The second-order valence-corrected chi connectivity index (χ2v) is 3.86.